The first-order valence-corrected chi connectivity index (χ1v) is 12.6. The molecule has 0 bridgehead atoms. The summed E-state index contributed by atoms with van der Waals surface area (Å²) in [4.78, 5) is 0. The van der Waals surface area contributed by atoms with Crippen LogP contribution in [0, 0.1) is 0 Å². The molecule has 0 amide bonds. The van der Waals surface area contributed by atoms with Gasteiger partial charge in [0.2, 0.25) is 0 Å². The molecule has 0 atom stereocenters. The summed E-state index contributed by atoms with van der Waals surface area (Å²) >= 11 is 5.82. The van der Waals surface area contributed by atoms with Crippen molar-refractivity contribution in [3.63, 3.8) is 0 Å². The molecule has 2 nitrogen and oxygen atoms in total. The lowest BCUT2D eigenvalue weighted by Crippen LogP contribution is -2.09. The third-order valence-corrected chi connectivity index (χ3v) is 6.31. The van der Waals surface area contributed by atoms with E-state index in [0.717, 1.165) is 11.1 Å². The highest BCUT2D eigenvalue weighted by atomic mass is 79.9. The molecule has 0 aliphatic rings. The molecule has 4 aromatic carbocycles. The van der Waals surface area contributed by atoms with Crippen LogP contribution in [-0.4, -0.2) is 0 Å². The van der Waals surface area contributed by atoms with Crippen molar-refractivity contribution in [2.24, 2.45) is 0 Å². The van der Waals surface area contributed by atoms with Crippen molar-refractivity contribution in [2.75, 3.05) is 0 Å². The highest BCUT2D eigenvalue weighted by Crippen LogP contribution is 2.42. The Hall–Kier alpha value is -2.98. The number of hydrogen-bond acceptors (Lipinski definition) is 2. The molecule has 4 rings (SSSR count). The van der Waals surface area contributed by atoms with E-state index in [9.17, 15) is 26.3 Å². The Labute approximate surface area is 232 Å². The van der Waals surface area contributed by atoms with Crippen molar-refractivity contribution >= 4 is 31.9 Å². The molecule has 0 saturated carbocycles. The second kappa shape index (κ2) is 13.2. The van der Waals surface area contributed by atoms with Crippen molar-refractivity contribution in [3.8, 4) is 11.5 Å². The molecule has 0 aliphatic heterocycles. The summed E-state index contributed by atoms with van der Waals surface area (Å²) < 4.78 is 88.1. The molecule has 0 aromatic heterocycles. The van der Waals surface area contributed by atoms with E-state index in [4.69, 9.17) is 9.47 Å². The molecule has 0 radical (unpaired) electrons. The van der Waals surface area contributed by atoms with E-state index in [1.165, 1.54) is 36.4 Å². The largest absolute Gasteiger partial charge is 0.488 e. The molecule has 10 heteroatoms. The molecule has 0 aliphatic carbocycles. The lowest BCUT2D eigenvalue weighted by molar-refractivity contribution is -0.140. The zero-order valence-electron chi connectivity index (χ0n) is 19.5. The summed E-state index contributed by atoms with van der Waals surface area (Å²) in [6.45, 7) is 0.195. The predicted octanol–water partition coefficient (Wildman–Crippen LogP) is 10.1. The van der Waals surface area contributed by atoms with Crippen LogP contribution in [0.1, 0.15) is 22.3 Å². The van der Waals surface area contributed by atoms with Crippen molar-refractivity contribution < 1.29 is 35.8 Å². The number of alkyl halides is 6. The highest BCUT2D eigenvalue weighted by molar-refractivity contribution is 9.10. The van der Waals surface area contributed by atoms with Gasteiger partial charge in [-0.3, -0.25) is 0 Å². The van der Waals surface area contributed by atoms with Gasteiger partial charge in [0.15, 0.2) is 0 Å². The lowest BCUT2D eigenvalue weighted by Gasteiger charge is -2.15. The Bertz CT molecular complexity index is 1210. The first-order valence-electron chi connectivity index (χ1n) is 11.0. The Morgan fingerprint density at radius 1 is 0.474 bits per heavy atom. The third kappa shape index (κ3) is 8.52. The number of ether oxygens (including phenoxy) is 2. The first-order chi connectivity index (χ1) is 18.0. The molecule has 4 aromatic rings. The maximum absolute atomic E-state index is 12.9. The summed E-state index contributed by atoms with van der Waals surface area (Å²) in [6, 6.07) is 26.5. The van der Waals surface area contributed by atoms with Gasteiger partial charge in [0, 0.05) is 8.95 Å². The molecule has 0 spiro atoms. The van der Waals surface area contributed by atoms with Crippen LogP contribution in [0.25, 0.3) is 0 Å². The fraction of sp³-hybridized carbons (Fsp3) is 0.143. The van der Waals surface area contributed by atoms with E-state index >= 15 is 0 Å². The zero-order valence-corrected chi connectivity index (χ0v) is 22.7. The van der Waals surface area contributed by atoms with Crippen LogP contribution >= 0.6 is 31.9 Å². The Balaban J connectivity index is 0.000000211. The van der Waals surface area contributed by atoms with E-state index < -0.39 is 23.5 Å². The minimum absolute atomic E-state index is 0.0226. The maximum Gasteiger partial charge on any atom is 0.421 e. The molecule has 200 valence electrons. The summed E-state index contributed by atoms with van der Waals surface area (Å²) in [7, 11) is 0. The fourth-order valence-electron chi connectivity index (χ4n) is 3.27. The second-order valence-electron chi connectivity index (χ2n) is 7.77. The highest BCUT2D eigenvalue weighted by Gasteiger charge is 2.37. The molecule has 38 heavy (non-hydrogen) atoms. The van der Waals surface area contributed by atoms with Gasteiger partial charge in [0.25, 0.3) is 0 Å². The van der Waals surface area contributed by atoms with E-state index in [2.05, 4.69) is 31.9 Å². The quantitative estimate of drug-likeness (QED) is 0.192. The third-order valence-electron chi connectivity index (χ3n) is 4.99. The summed E-state index contributed by atoms with van der Waals surface area (Å²) in [5.74, 6) is -0.351. The van der Waals surface area contributed by atoms with Gasteiger partial charge in [0.05, 0.1) is 0 Å². The summed E-state index contributed by atoms with van der Waals surface area (Å²) in [6.07, 6.45) is -8.90. The van der Waals surface area contributed by atoms with Crippen LogP contribution in [-0.2, 0) is 25.6 Å². The van der Waals surface area contributed by atoms with Crippen LogP contribution in [0.5, 0.6) is 11.5 Å². The van der Waals surface area contributed by atoms with Crippen LogP contribution in [0.4, 0.5) is 26.3 Å². The van der Waals surface area contributed by atoms with Gasteiger partial charge in [-0.1, -0.05) is 105 Å². The zero-order chi connectivity index (χ0) is 27.8. The summed E-state index contributed by atoms with van der Waals surface area (Å²) in [5, 5.41) is 0. The molecule has 0 heterocycles. The van der Waals surface area contributed by atoms with E-state index in [1.54, 1.807) is 24.3 Å². The van der Waals surface area contributed by atoms with Gasteiger partial charge in [-0.2, -0.15) is 26.3 Å². The normalized spacial score (nSPS) is 11.4. The first kappa shape index (κ1) is 29.6. The SMILES string of the molecule is FC(F)(F)c1c(Br)cccc1OCc1ccccc1.FC(F)(F)c1c(Br)cccc1OCc1ccccc1. The molecule has 0 unspecified atom stereocenters. The predicted molar refractivity (Wildman–Crippen MR) is 140 cm³/mol. The Morgan fingerprint density at radius 2 is 0.816 bits per heavy atom. The van der Waals surface area contributed by atoms with Gasteiger partial charge >= 0.3 is 12.4 Å². The molecule has 0 fully saturated rings. The monoisotopic (exact) mass is 660 g/mol. The standard InChI is InChI=1S/2C14H10BrF3O/c2*15-11-7-4-8-12(13(11)14(16,17)18)19-9-10-5-2-1-3-6-10/h2*1-8H,9H2. The number of halogens is 8. The average molecular weight is 662 g/mol. The number of benzene rings is 4. The van der Waals surface area contributed by atoms with E-state index in [0.29, 0.717) is 0 Å². The van der Waals surface area contributed by atoms with Gasteiger partial charge < -0.3 is 9.47 Å². The Morgan fingerprint density at radius 3 is 1.13 bits per heavy atom. The molecule has 0 N–H and O–H groups in total. The minimum atomic E-state index is -4.45. The fourth-order valence-corrected chi connectivity index (χ4v) is 4.42. The topological polar surface area (TPSA) is 18.5 Å². The smallest absolute Gasteiger partial charge is 0.421 e. The van der Waals surface area contributed by atoms with Gasteiger partial charge in [-0.25, -0.2) is 0 Å². The second-order valence-corrected chi connectivity index (χ2v) is 9.48. The van der Waals surface area contributed by atoms with Crippen molar-refractivity contribution in [1.82, 2.24) is 0 Å². The van der Waals surface area contributed by atoms with Crippen molar-refractivity contribution in [2.45, 2.75) is 25.6 Å². The minimum Gasteiger partial charge on any atom is -0.488 e. The maximum atomic E-state index is 12.9. The van der Waals surface area contributed by atoms with Crippen LogP contribution in [0.3, 0.4) is 0 Å². The van der Waals surface area contributed by atoms with Crippen molar-refractivity contribution in [3.05, 3.63) is 128 Å². The molecule has 0 saturated heterocycles. The summed E-state index contributed by atoms with van der Waals surface area (Å²) in [5.41, 5.74) is 0.0584. The van der Waals surface area contributed by atoms with Crippen LogP contribution in [0.15, 0.2) is 106 Å². The van der Waals surface area contributed by atoms with Crippen molar-refractivity contribution in [1.29, 1.82) is 0 Å². The average Bonchev–Trinajstić information content (AvgIpc) is 2.86. The van der Waals surface area contributed by atoms with Crippen LogP contribution in [0.2, 0.25) is 0 Å². The van der Waals surface area contributed by atoms with Gasteiger partial charge in [-0.05, 0) is 35.4 Å². The van der Waals surface area contributed by atoms with E-state index in [1.807, 2.05) is 36.4 Å². The Kier molecular flexibility index (Phi) is 10.3. The molecular formula is C28H20Br2F6O2. The van der Waals surface area contributed by atoms with Crippen LogP contribution < -0.4 is 9.47 Å². The lowest BCUT2D eigenvalue weighted by atomic mass is 10.2. The number of hydrogen-bond donors (Lipinski definition) is 0. The molecular weight excluding hydrogens is 642 g/mol. The van der Waals surface area contributed by atoms with Gasteiger partial charge in [0.1, 0.15) is 35.8 Å². The van der Waals surface area contributed by atoms with Gasteiger partial charge in [-0.15, -0.1) is 0 Å². The van der Waals surface area contributed by atoms with E-state index in [-0.39, 0.29) is 33.7 Å². The number of rotatable bonds is 6.